The van der Waals surface area contributed by atoms with Crippen molar-refractivity contribution in [3.8, 4) is 0 Å². The van der Waals surface area contributed by atoms with Crippen molar-refractivity contribution in [3.05, 3.63) is 70.5 Å². The summed E-state index contributed by atoms with van der Waals surface area (Å²) in [5.74, 6) is -1.68. The third-order valence-corrected chi connectivity index (χ3v) is 5.18. The Morgan fingerprint density at radius 3 is 2.58 bits per heavy atom. The van der Waals surface area contributed by atoms with Crippen LogP contribution in [-0.4, -0.2) is 35.8 Å². The van der Waals surface area contributed by atoms with Crippen molar-refractivity contribution in [2.24, 2.45) is 0 Å². The minimum atomic E-state index is -4.61. The fourth-order valence-corrected chi connectivity index (χ4v) is 3.43. The Balaban J connectivity index is 1.63. The molecular weight excluding hydrogens is 414 g/mol. The molecule has 1 unspecified atom stereocenters. The molecule has 0 aliphatic carbocycles. The molecule has 1 heterocycles. The third kappa shape index (κ3) is 6.04. The van der Waals surface area contributed by atoms with E-state index in [0.29, 0.717) is 31.8 Å². The Morgan fingerprint density at radius 1 is 1.19 bits per heavy atom. The van der Waals surface area contributed by atoms with Crippen molar-refractivity contribution >= 4 is 11.8 Å². The summed E-state index contributed by atoms with van der Waals surface area (Å²) in [6, 6.07) is 9.16. The zero-order valence-corrected chi connectivity index (χ0v) is 16.9. The monoisotopic (exact) mass is 437 g/mol. The van der Waals surface area contributed by atoms with Gasteiger partial charge in [0.15, 0.2) is 0 Å². The molecule has 1 saturated heterocycles. The standard InChI is InChI=1S/C22H23F4N3O2/c1-14-2-4-15(5-3-14)13-29-9-8-27-21(31)19(29)11-20(30)28-12-16-10-17(22(24,25)26)6-7-18(16)23/h2-7,10,19H,8-9,11-13H2,1H3,(H,27,31)(H,28,30). The maximum absolute atomic E-state index is 13.9. The number of halogens is 4. The molecule has 2 amide bonds. The van der Waals surface area contributed by atoms with E-state index in [4.69, 9.17) is 0 Å². The molecule has 5 nitrogen and oxygen atoms in total. The zero-order chi connectivity index (χ0) is 22.6. The predicted molar refractivity (Wildman–Crippen MR) is 106 cm³/mol. The van der Waals surface area contributed by atoms with Crippen molar-refractivity contribution in [3.63, 3.8) is 0 Å². The van der Waals surface area contributed by atoms with Gasteiger partial charge in [-0.1, -0.05) is 29.8 Å². The molecule has 0 saturated carbocycles. The molecule has 31 heavy (non-hydrogen) atoms. The van der Waals surface area contributed by atoms with E-state index in [2.05, 4.69) is 10.6 Å². The number of benzene rings is 2. The first-order valence-corrected chi connectivity index (χ1v) is 9.83. The molecule has 0 bridgehead atoms. The number of piperazine rings is 1. The Labute approximate surface area is 177 Å². The average molecular weight is 437 g/mol. The summed E-state index contributed by atoms with van der Waals surface area (Å²) in [4.78, 5) is 26.6. The largest absolute Gasteiger partial charge is 0.416 e. The first kappa shape index (κ1) is 22.7. The Bertz CT molecular complexity index is 945. The number of alkyl halides is 3. The maximum atomic E-state index is 13.9. The van der Waals surface area contributed by atoms with Gasteiger partial charge in [0.25, 0.3) is 0 Å². The highest BCUT2D eigenvalue weighted by Crippen LogP contribution is 2.30. The van der Waals surface area contributed by atoms with E-state index in [1.54, 1.807) is 0 Å². The number of nitrogens with zero attached hydrogens (tertiary/aromatic N) is 1. The number of carbonyl (C=O) groups is 2. The summed E-state index contributed by atoms with van der Waals surface area (Å²) in [6.07, 6.45) is -4.79. The molecule has 2 aromatic carbocycles. The average Bonchev–Trinajstić information content (AvgIpc) is 2.71. The third-order valence-electron chi connectivity index (χ3n) is 5.18. The quantitative estimate of drug-likeness (QED) is 0.683. The second kappa shape index (κ2) is 9.47. The number of aryl methyl sites for hydroxylation is 1. The van der Waals surface area contributed by atoms with Crippen LogP contribution in [-0.2, 0) is 28.9 Å². The van der Waals surface area contributed by atoms with Gasteiger partial charge in [0, 0.05) is 31.7 Å². The van der Waals surface area contributed by atoms with Gasteiger partial charge in [0.1, 0.15) is 5.82 Å². The van der Waals surface area contributed by atoms with Gasteiger partial charge in [0.05, 0.1) is 18.0 Å². The van der Waals surface area contributed by atoms with Crippen LogP contribution in [0.15, 0.2) is 42.5 Å². The van der Waals surface area contributed by atoms with E-state index in [0.717, 1.165) is 17.2 Å². The molecule has 166 valence electrons. The van der Waals surface area contributed by atoms with E-state index >= 15 is 0 Å². The summed E-state index contributed by atoms with van der Waals surface area (Å²) < 4.78 is 52.4. The normalized spacial score (nSPS) is 17.3. The number of hydrogen-bond donors (Lipinski definition) is 2. The van der Waals surface area contributed by atoms with Gasteiger partial charge in [-0.15, -0.1) is 0 Å². The molecule has 0 aromatic heterocycles. The molecular formula is C22H23F4N3O2. The van der Waals surface area contributed by atoms with Crippen LogP contribution in [0.1, 0.15) is 28.7 Å². The Hall–Kier alpha value is -2.94. The lowest BCUT2D eigenvalue weighted by molar-refractivity contribution is -0.137. The van der Waals surface area contributed by atoms with E-state index in [9.17, 15) is 27.2 Å². The molecule has 2 aromatic rings. The van der Waals surface area contributed by atoms with Crippen LogP contribution in [0.2, 0.25) is 0 Å². The second-order valence-corrected chi connectivity index (χ2v) is 7.55. The highest BCUT2D eigenvalue weighted by Gasteiger charge is 2.32. The first-order chi connectivity index (χ1) is 14.6. The number of amides is 2. The van der Waals surface area contributed by atoms with Gasteiger partial charge in [-0.3, -0.25) is 14.5 Å². The lowest BCUT2D eigenvalue weighted by atomic mass is 10.1. The molecule has 1 aliphatic heterocycles. The summed E-state index contributed by atoms with van der Waals surface area (Å²) in [5.41, 5.74) is 0.844. The minimum absolute atomic E-state index is 0.182. The van der Waals surface area contributed by atoms with Crippen LogP contribution in [0.4, 0.5) is 17.6 Å². The number of rotatable bonds is 6. The van der Waals surface area contributed by atoms with Crippen LogP contribution in [0, 0.1) is 12.7 Å². The van der Waals surface area contributed by atoms with E-state index in [1.807, 2.05) is 36.1 Å². The SMILES string of the molecule is Cc1ccc(CN2CCNC(=O)C2CC(=O)NCc2cc(C(F)(F)F)ccc2F)cc1. The van der Waals surface area contributed by atoms with E-state index < -0.39 is 36.1 Å². The van der Waals surface area contributed by atoms with Gasteiger partial charge >= 0.3 is 6.18 Å². The van der Waals surface area contributed by atoms with Crippen molar-refractivity contribution in [2.45, 2.75) is 38.7 Å². The molecule has 2 N–H and O–H groups in total. The lowest BCUT2D eigenvalue weighted by Gasteiger charge is -2.34. The van der Waals surface area contributed by atoms with Crippen molar-refractivity contribution < 1.29 is 27.2 Å². The van der Waals surface area contributed by atoms with Crippen LogP contribution in [0.5, 0.6) is 0 Å². The molecule has 1 fully saturated rings. The zero-order valence-electron chi connectivity index (χ0n) is 16.9. The van der Waals surface area contributed by atoms with Gasteiger partial charge in [-0.2, -0.15) is 13.2 Å². The van der Waals surface area contributed by atoms with Gasteiger partial charge in [-0.25, -0.2) is 4.39 Å². The van der Waals surface area contributed by atoms with Gasteiger partial charge in [0.2, 0.25) is 11.8 Å². The Morgan fingerprint density at radius 2 is 1.90 bits per heavy atom. The highest BCUT2D eigenvalue weighted by atomic mass is 19.4. The number of nitrogens with one attached hydrogen (secondary N) is 2. The van der Waals surface area contributed by atoms with Crippen molar-refractivity contribution in [1.29, 1.82) is 0 Å². The number of carbonyl (C=O) groups excluding carboxylic acids is 2. The van der Waals surface area contributed by atoms with Crippen LogP contribution < -0.4 is 10.6 Å². The van der Waals surface area contributed by atoms with E-state index in [-0.39, 0.29) is 17.9 Å². The molecule has 1 atom stereocenters. The van der Waals surface area contributed by atoms with Crippen molar-refractivity contribution in [2.75, 3.05) is 13.1 Å². The van der Waals surface area contributed by atoms with Gasteiger partial charge < -0.3 is 10.6 Å². The topological polar surface area (TPSA) is 61.4 Å². The van der Waals surface area contributed by atoms with Crippen LogP contribution in [0.25, 0.3) is 0 Å². The minimum Gasteiger partial charge on any atom is -0.353 e. The smallest absolute Gasteiger partial charge is 0.353 e. The predicted octanol–water partition coefficient (Wildman–Crippen LogP) is 3.16. The van der Waals surface area contributed by atoms with Gasteiger partial charge in [-0.05, 0) is 30.7 Å². The summed E-state index contributed by atoms with van der Waals surface area (Å²) >= 11 is 0. The summed E-state index contributed by atoms with van der Waals surface area (Å²) in [7, 11) is 0. The van der Waals surface area contributed by atoms with Crippen LogP contribution in [0.3, 0.4) is 0 Å². The lowest BCUT2D eigenvalue weighted by Crippen LogP contribution is -2.56. The molecule has 0 radical (unpaired) electrons. The molecule has 0 spiro atoms. The highest BCUT2D eigenvalue weighted by molar-refractivity contribution is 5.88. The molecule has 3 rings (SSSR count). The maximum Gasteiger partial charge on any atom is 0.416 e. The molecule has 1 aliphatic rings. The first-order valence-electron chi connectivity index (χ1n) is 9.83. The molecule has 9 heteroatoms. The second-order valence-electron chi connectivity index (χ2n) is 7.55. The van der Waals surface area contributed by atoms with E-state index in [1.165, 1.54) is 0 Å². The number of hydrogen-bond acceptors (Lipinski definition) is 3. The fourth-order valence-electron chi connectivity index (χ4n) is 3.43. The van der Waals surface area contributed by atoms with Crippen LogP contribution >= 0.6 is 0 Å². The fraction of sp³-hybridized carbons (Fsp3) is 0.364. The summed E-state index contributed by atoms with van der Waals surface area (Å²) in [6.45, 7) is 3.06. The Kier molecular flexibility index (Phi) is 6.94. The summed E-state index contributed by atoms with van der Waals surface area (Å²) in [5, 5.41) is 5.15. The van der Waals surface area contributed by atoms with Crippen molar-refractivity contribution in [1.82, 2.24) is 15.5 Å².